The van der Waals surface area contributed by atoms with Gasteiger partial charge in [-0.3, -0.25) is 4.79 Å². The first kappa shape index (κ1) is 13.9. The lowest BCUT2D eigenvalue weighted by Gasteiger charge is -2.24. The maximum atomic E-state index is 12.2. The summed E-state index contributed by atoms with van der Waals surface area (Å²) in [5.74, 6) is 0.104. The predicted octanol–water partition coefficient (Wildman–Crippen LogP) is 1.94. The van der Waals surface area contributed by atoms with Gasteiger partial charge in [0, 0.05) is 6.04 Å². The normalized spacial score (nSPS) is 21.6. The highest BCUT2D eigenvalue weighted by atomic mass is 32.2. The second-order valence-electron chi connectivity index (χ2n) is 5.74. The van der Waals surface area contributed by atoms with Crippen LogP contribution in [0.25, 0.3) is 0 Å². The van der Waals surface area contributed by atoms with Crippen LogP contribution in [-0.4, -0.2) is 37.4 Å². The fourth-order valence-corrected chi connectivity index (χ4v) is 3.46. The number of rotatable bonds is 5. The molecule has 1 amide bonds. The van der Waals surface area contributed by atoms with Gasteiger partial charge in [-0.1, -0.05) is 31.0 Å². The third-order valence-electron chi connectivity index (χ3n) is 3.96. The molecule has 2 aliphatic carbocycles. The molecule has 3 rings (SSSR count). The van der Waals surface area contributed by atoms with Crippen LogP contribution in [0, 0.1) is 0 Å². The molecule has 2 aliphatic rings. The highest BCUT2D eigenvalue weighted by molar-refractivity contribution is 8.00. The van der Waals surface area contributed by atoms with Crippen molar-refractivity contribution in [3.05, 3.63) is 0 Å². The number of nitrogens with zero attached hydrogens (tertiary/aromatic N) is 4. The van der Waals surface area contributed by atoms with Gasteiger partial charge in [0.25, 0.3) is 0 Å². The summed E-state index contributed by atoms with van der Waals surface area (Å²) in [5, 5.41) is 15.5. The largest absolute Gasteiger partial charge is 0.352 e. The van der Waals surface area contributed by atoms with Crippen molar-refractivity contribution >= 4 is 17.7 Å². The van der Waals surface area contributed by atoms with E-state index in [-0.39, 0.29) is 11.2 Å². The molecule has 1 atom stereocenters. The molecule has 1 aromatic rings. The zero-order valence-corrected chi connectivity index (χ0v) is 12.6. The van der Waals surface area contributed by atoms with Crippen LogP contribution in [0.4, 0.5) is 0 Å². The molecule has 2 fully saturated rings. The van der Waals surface area contributed by atoms with Gasteiger partial charge in [-0.05, 0) is 43.0 Å². The van der Waals surface area contributed by atoms with Gasteiger partial charge in [-0.15, -0.1) is 5.10 Å². The highest BCUT2D eigenvalue weighted by Crippen LogP contribution is 2.37. The molecule has 1 unspecified atom stereocenters. The van der Waals surface area contributed by atoms with E-state index in [2.05, 4.69) is 20.8 Å². The highest BCUT2D eigenvalue weighted by Gasteiger charge is 2.29. The summed E-state index contributed by atoms with van der Waals surface area (Å²) in [7, 11) is 0. The van der Waals surface area contributed by atoms with Crippen molar-refractivity contribution < 1.29 is 4.79 Å². The SMILES string of the molecule is CC(Sc1nnnn1C1CC1)C(=O)NC1CCCCC1. The number of carbonyl (C=O) groups excluding carboxylic acids is 1. The topological polar surface area (TPSA) is 72.7 Å². The van der Waals surface area contributed by atoms with Crippen molar-refractivity contribution in [1.82, 2.24) is 25.5 Å². The maximum absolute atomic E-state index is 12.2. The van der Waals surface area contributed by atoms with Gasteiger partial charge in [0.15, 0.2) is 0 Å². The van der Waals surface area contributed by atoms with Gasteiger partial charge in [0.1, 0.15) is 0 Å². The Morgan fingerprint density at radius 3 is 2.75 bits per heavy atom. The van der Waals surface area contributed by atoms with Gasteiger partial charge in [0.05, 0.1) is 11.3 Å². The van der Waals surface area contributed by atoms with E-state index in [0.29, 0.717) is 12.1 Å². The predicted molar refractivity (Wildman–Crippen MR) is 76.4 cm³/mol. The summed E-state index contributed by atoms with van der Waals surface area (Å²) >= 11 is 1.46. The van der Waals surface area contributed by atoms with Crippen LogP contribution in [0.1, 0.15) is 57.9 Å². The van der Waals surface area contributed by atoms with E-state index in [1.165, 1.54) is 31.0 Å². The smallest absolute Gasteiger partial charge is 0.233 e. The third kappa shape index (κ3) is 3.31. The molecule has 0 aliphatic heterocycles. The van der Waals surface area contributed by atoms with Gasteiger partial charge in [-0.25, -0.2) is 4.68 Å². The number of hydrogen-bond donors (Lipinski definition) is 1. The molecule has 6 nitrogen and oxygen atoms in total. The summed E-state index contributed by atoms with van der Waals surface area (Å²) < 4.78 is 1.86. The summed E-state index contributed by atoms with van der Waals surface area (Å²) in [6.07, 6.45) is 8.26. The lowest BCUT2D eigenvalue weighted by molar-refractivity contribution is -0.121. The zero-order valence-electron chi connectivity index (χ0n) is 11.8. The monoisotopic (exact) mass is 295 g/mol. The molecule has 2 saturated carbocycles. The van der Waals surface area contributed by atoms with Crippen molar-refractivity contribution in [3.63, 3.8) is 0 Å². The molecule has 20 heavy (non-hydrogen) atoms. The first-order chi connectivity index (χ1) is 9.74. The van der Waals surface area contributed by atoms with E-state index in [9.17, 15) is 4.79 Å². The van der Waals surface area contributed by atoms with Crippen molar-refractivity contribution in [2.75, 3.05) is 0 Å². The number of thioether (sulfide) groups is 1. The number of amides is 1. The van der Waals surface area contributed by atoms with Gasteiger partial charge in [0.2, 0.25) is 11.1 Å². The average molecular weight is 295 g/mol. The standard InChI is InChI=1S/C13H21N5OS/c1-9(12(19)14-10-5-3-2-4-6-10)20-13-15-16-17-18(13)11-7-8-11/h9-11H,2-8H2,1H3,(H,14,19). The quantitative estimate of drug-likeness (QED) is 0.840. The summed E-state index contributed by atoms with van der Waals surface area (Å²) in [6.45, 7) is 1.93. The first-order valence-electron chi connectivity index (χ1n) is 7.49. The van der Waals surface area contributed by atoms with E-state index in [4.69, 9.17) is 0 Å². The van der Waals surface area contributed by atoms with Crippen LogP contribution in [0.5, 0.6) is 0 Å². The van der Waals surface area contributed by atoms with Crippen LogP contribution in [0.3, 0.4) is 0 Å². The Bertz CT molecular complexity index is 467. The molecule has 110 valence electrons. The Morgan fingerprint density at radius 1 is 1.30 bits per heavy atom. The first-order valence-corrected chi connectivity index (χ1v) is 8.37. The number of tetrazole rings is 1. The van der Waals surface area contributed by atoms with Crippen molar-refractivity contribution in [3.8, 4) is 0 Å². The Kier molecular flexibility index (Phi) is 4.24. The van der Waals surface area contributed by atoms with E-state index < -0.39 is 0 Å². The molecule has 1 N–H and O–H groups in total. The van der Waals surface area contributed by atoms with Crippen LogP contribution >= 0.6 is 11.8 Å². The second-order valence-corrected chi connectivity index (χ2v) is 7.05. The van der Waals surface area contributed by atoms with Crippen LogP contribution in [0.15, 0.2) is 5.16 Å². The van der Waals surface area contributed by atoms with Crippen LogP contribution in [-0.2, 0) is 4.79 Å². The number of nitrogens with one attached hydrogen (secondary N) is 1. The molecule has 0 aromatic carbocycles. The summed E-state index contributed by atoms with van der Waals surface area (Å²) in [6, 6.07) is 0.805. The lowest BCUT2D eigenvalue weighted by atomic mass is 9.95. The van der Waals surface area contributed by atoms with Gasteiger partial charge in [-0.2, -0.15) is 0 Å². The fraction of sp³-hybridized carbons (Fsp3) is 0.846. The molecule has 0 saturated heterocycles. The lowest BCUT2D eigenvalue weighted by Crippen LogP contribution is -2.40. The minimum absolute atomic E-state index is 0.104. The Balaban J connectivity index is 1.53. The van der Waals surface area contributed by atoms with Crippen molar-refractivity contribution in [1.29, 1.82) is 0 Å². The van der Waals surface area contributed by atoms with Crippen molar-refractivity contribution in [2.45, 2.75) is 74.4 Å². The minimum Gasteiger partial charge on any atom is -0.352 e. The fourth-order valence-electron chi connectivity index (χ4n) is 2.59. The molecule has 0 bridgehead atoms. The summed E-state index contributed by atoms with van der Waals surface area (Å²) in [5.41, 5.74) is 0. The number of carbonyl (C=O) groups is 1. The molecule has 7 heteroatoms. The molecule has 1 aromatic heterocycles. The van der Waals surface area contributed by atoms with Gasteiger partial charge < -0.3 is 5.32 Å². The minimum atomic E-state index is -0.152. The Morgan fingerprint density at radius 2 is 2.05 bits per heavy atom. The molecule has 0 spiro atoms. The van der Waals surface area contributed by atoms with Gasteiger partial charge >= 0.3 is 0 Å². The van der Waals surface area contributed by atoms with Crippen LogP contribution < -0.4 is 5.32 Å². The van der Waals surface area contributed by atoms with E-state index in [1.54, 1.807) is 0 Å². The molecule has 0 radical (unpaired) electrons. The maximum Gasteiger partial charge on any atom is 0.233 e. The van der Waals surface area contributed by atoms with Crippen molar-refractivity contribution in [2.24, 2.45) is 0 Å². The molecular weight excluding hydrogens is 274 g/mol. The third-order valence-corrected chi connectivity index (χ3v) is 5.01. The van der Waals surface area contributed by atoms with Crippen LogP contribution in [0.2, 0.25) is 0 Å². The van der Waals surface area contributed by atoms with E-state index in [1.807, 2.05) is 11.6 Å². The van der Waals surface area contributed by atoms with E-state index >= 15 is 0 Å². The summed E-state index contributed by atoms with van der Waals surface area (Å²) in [4.78, 5) is 12.2. The Hall–Kier alpha value is -1.11. The molecule has 1 heterocycles. The second kappa shape index (κ2) is 6.11. The zero-order chi connectivity index (χ0) is 13.9. The van der Waals surface area contributed by atoms with E-state index in [0.717, 1.165) is 30.8 Å². The Labute approximate surface area is 123 Å². The number of aromatic nitrogens is 4. The average Bonchev–Trinajstić information content (AvgIpc) is 3.20. The number of hydrogen-bond acceptors (Lipinski definition) is 5. The molecular formula is C13H21N5OS.